The van der Waals surface area contributed by atoms with E-state index < -0.39 is 0 Å². The summed E-state index contributed by atoms with van der Waals surface area (Å²) in [6.45, 7) is 12.9. The lowest BCUT2D eigenvalue weighted by Gasteiger charge is -2.26. The first-order valence-corrected chi connectivity index (χ1v) is 7.11. The maximum atomic E-state index is 3.59. The molecule has 0 aromatic rings. The van der Waals surface area contributed by atoms with Crippen LogP contribution in [-0.2, 0) is 0 Å². The van der Waals surface area contributed by atoms with Crippen molar-refractivity contribution in [2.45, 2.75) is 65.5 Å². The first-order chi connectivity index (χ1) is 7.63. The molecule has 2 nitrogen and oxygen atoms in total. The normalized spacial score (nSPS) is 18.4. The highest BCUT2D eigenvalue weighted by Crippen LogP contribution is 2.27. The molecule has 0 spiro atoms. The fourth-order valence-corrected chi connectivity index (χ4v) is 2.09. The van der Waals surface area contributed by atoms with E-state index in [9.17, 15) is 0 Å². The van der Waals surface area contributed by atoms with Gasteiger partial charge in [-0.15, -0.1) is 0 Å². The SMILES string of the molecule is CCCNC(C)CN(CCC(C)C)C1CC1. The van der Waals surface area contributed by atoms with Crippen LogP contribution < -0.4 is 5.32 Å². The van der Waals surface area contributed by atoms with Gasteiger partial charge in [0.25, 0.3) is 0 Å². The minimum atomic E-state index is 0.646. The highest BCUT2D eigenvalue weighted by Gasteiger charge is 2.29. The van der Waals surface area contributed by atoms with Crippen molar-refractivity contribution in [2.24, 2.45) is 5.92 Å². The van der Waals surface area contributed by atoms with Gasteiger partial charge >= 0.3 is 0 Å². The maximum Gasteiger partial charge on any atom is 0.0166 e. The van der Waals surface area contributed by atoms with Crippen molar-refractivity contribution in [2.75, 3.05) is 19.6 Å². The number of nitrogens with one attached hydrogen (secondary N) is 1. The Hall–Kier alpha value is -0.0800. The molecule has 0 aromatic heterocycles. The summed E-state index contributed by atoms with van der Waals surface area (Å²) in [5, 5.41) is 3.59. The van der Waals surface area contributed by atoms with E-state index in [0.717, 1.165) is 18.5 Å². The van der Waals surface area contributed by atoms with Crippen LogP contribution >= 0.6 is 0 Å². The summed E-state index contributed by atoms with van der Waals surface area (Å²) in [4.78, 5) is 2.70. The standard InChI is InChI=1S/C14H30N2/c1-5-9-15-13(4)11-16(14-6-7-14)10-8-12(2)3/h12-15H,5-11H2,1-4H3. The second kappa shape index (κ2) is 7.29. The zero-order valence-corrected chi connectivity index (χ0v) is 11.6. The first-order valence-electron chi connectivity index (χ1n) is 7.11. The Morgan fingerprint density at radius 3 is 2.44 bits per heavy atom. The van der Waals surface area contributed by atoms with Crippen LogP contribution in [0.3, 0.4) is 0 Å². The average Bonchev–Trinajstić information content (AvgIpc) is 3.04. The van der Waals surface area contributed by atoms with Gasteiger partial charge in [-0.25, -0.2) is 0 Å². The molecule has 1 aliphatic rings. The molecular formula is C14H30N2. The molecule has 1 unspecified atom stereocenters. The van der Waals surface area contributed by atoms with E-state index in [1.165, 1.54) is 38.8 Å². The lowest BCUT2D eigenvalue weighted by atomic mass is 10.1. The summed E-state index contributed by atoms with van der Waals surface area (Å²) in [5.41, 5.74) is 0. The Balaban J connectivity index is 2.21. The molecule has 1 aliphatic carbocycles. The van der Waals surface area contributed by atoms with Gasteiger partial charge < -0.3 is 5.32 Å². The number of hydrogen-bond donors (Lipinski definition) is 1. The van der Waals surface area contributed by atoms with Crippen LogP contribution in [-0.4, -0.2) is 36.6 Å². The van der Waals surface area contributed by atoms with E-state index in [-0.39, 0.29) is 0 Å². The van der Waals surface area contributed by atoms with Gasteiger partial charge in [-0.2, -0.15) is 0 Å². The van der Waals surface area contributed by atoms with Gasteiger partial charge in [0.05, 0.1) is 0 Å². The van der Waals surface area contributed by atoms with E-state index in [2.05, 4.69) is 37.9 Å². The molecule has 1 fully saturated rings. The van der Waals surface area contributed by atoms with Gasteiger partial charge in [0.2, 0.25) is 0 Å². The molecule has 0 radical (unpaired) electrons. The minimum absolute atomic E-state index is 0.646. The number of rotatable bonds is 9. The van der Waals surface area contributed by atoms with Crippen molar-refractivity contribution < 1.29 is 0 Å². The van der Waals surface area contributed by atoms with Gasteiger partial charge in [0.1, 0.15) is 0 Å². The average molecular weight is 226 g/mol. The van der Waals surface area contributed by atoms with Crippen LogP contribution in [0.4, 0.5) is 0 Å². The van der Waals surface area contributed by atoms with Crippen LogP contribution in [0.15, 0.2) is 0 Å². The predicted octanol–water partition coefficient (Wildman–Crippen LogP) is 2.89. The second-order valence-corrected chi connectivity index (χ2v) is 5.76. The first kappa shape index (κ1) is 14.0. The third-order valence-electron chi connectivity index (χ3n) is 3.31. The Morgan fingerprint density at radius 2 is 1.94 bits per heavy atom. The van der Waals surface area contributed by atoms with Crippen molar-refractivity contribution in [3.63, 3.8) is 0 Å². The number of hydrogen-bond acceptors (Lipinski definition) is 2. The minimum Gasteiger partial charge on any atom is -0.313 e. The molecule has 0 heterocycles. The van der Waals surface area contributed by atoms with Crippen molar-refractivity contribution in [3.05, 3.63) is 0 Å². The van der Waals surface area contributed by atoms with Gasteiger partial charge in [0, 0.05) is 18.6 Å². The van der Waals surface area contributed by atoms with Crippen LogP contribution in [0.5, 0.6) is 0 Å². The monoisotopic (exact) mass is 226 g/mol. The van der Waals surface area contributed by atoms with Crippen LogP contribution in [0.2, 0.25) is 0 Å². The molecule has 1 rings (SSSR count). The van der Waals surface area contributed by atoms with Crippen molar-refractivity contribution in [1.29, 1.82) is 0 Å². The molecule has 1 atom stereocenters. The molecule has 96 valence electrons. The van der Waals surface area contributed by atoms with Crippen molar-refractivity contribution in [1.82, 2.24) is 10.2 Å². The summed E-state index contributed by atoms with van der Waals surface area (Å²) >= 11 is 0. The molecule has 0 bridgehead atoms. The van der Waals surface area contributed by atoms with E-state index in [1.54, 1.807) is 0 Å². The van der Waals surface area contributed by atoms with Crippen LogP contribution in [0, 0.1) is 5.92 Å². The Bertz CT molecular complexity index is 176. The van der Waals surface area contributed by atoms with Gasteiger partial charge in [-0.05, 0) is 51.6 Å². The summed E-state index contributed by atoms with van der Waals surface area (Å²) in [5.74, 6) is 0.833. The zero-order chi connectivity index (χ0) is 12.0. The summed E-state index contributed by atoms with van der Waals surface area (Å²) in [7, 11) is 0. The Labute approximate surface area is 102 Å². The molecule has 0 amide bonds. The molecule has 1 saturated carbocycles. The molecule has 0 aromatic carbocycles. The van der Waals surface area contributed by atoms with E-state index in [4.69, 9.17) is 0 Å². The highest BCUT2D eigenvalue weighted by molar-refractivity contribution is 4.86. The molecular weight excluding hydrogens is 196 g/mol. The van der Waals surface area contributed by atoms with E-state index in [0.29, 0.717) is 6.04 Å². The zero-order valence-electron chi connectivity index (χ0n) is 11.6. The molecule has 16 heavy (non-hydrogen) atoms. The van der Waals surface area contributed by atoms with Crippen LogP contribution in [0.25, 0.3) is 0 Å². The third kappa shape index (κ3) is 5.86. The highest BCUT2D eigenvalue weighted by atomic mass is 15.2. The largest absolute Gasteiger partial charge is 0.313 e. The van der Waals surface area contributed by atoms with Crippen molar-refractivity contribution >= 4 is 0 Å². The van der Waals surface area contributed by atoms with Gasteiger partial charge in [-0.3, -0.25) is 4.90 Å². The van der Waals surface area contributed by atoms with E-state index in [1.807, 2.05) is 0 Å². The topological polar surface area (TPSA) is 15.3 Å². The Kier molecular flexibility index (Phi) is 6.37. The fraction of sp³-hybridized carbons (Fsp3) is 1.00. The van der Waals surface area contributed by atoms with E-state index >= 15 is 0 Å². The third-order valence-corrected chi connectivity index (χ3v) is 3.31. The summed E-state index contributed by atoms with van der Waals surface area (Å²) < 4.78 is 0. The quantitative estimate of drug-likeness (QED) is 0.650. The fourth-order valence-electron chi connectivity index (χ4n) is 2.09. The number of nitrogens with zero attached hydrogens (tertiary/aromatic N) is 1. The molecule has 0 aliphatic heterocycles. The smallest absolute Gasteiger partial charge is 0.0166 e. The van der Waals surface area contributed by atoms with Crippen LogP contribution in [0.1, 0.15) is 53.4 Å². The summed E-state index contributed by atoms with van der Waals surface area (Å²) in [6.07, 6.45) is 5.44. The van der Waals surface area contributed by atoms with Crippen molar-refractivity contribution in [3.8, 4) is 0 Å². The molecule has 1 N–H and O–H groups in total. The molecule has 0 saturated heterocycles. The Morgan fingerprint density at radius 1 is 1.25 bits per heavy atom. The van der Waals surface area contributed by atoms with Gasteiger partial charge in [0.15, 0.2) is 0 Å². The summed E-state index contributed by atoms with van der Waals surface area (Å²) in [6, 6.07) is 1.55. The second-order valence-electron chi connectivity index (χ2n) is 5.76. The molecule has 2 heteroatoms. The maximum absolute atomic E-state index is 3.59. The lowest BCUT2D eigenvalue weighted by molar-refractivity contribution is 0.225. The van der Waals surface area contributed by atoms with Gasteiger partial charge in [-0.1, -0.05) is 20.8 Å². The predicted molar refractivity (Wildman–Crippen MR) is 71.8 cm³/mol. The lowest BCUT2D eigenvalue weighted by Crippen LogP contribution is -2.41.